The molecule has 0 aliphatic heterocycles. The van der Waals surface area contributed by atoms with Crippen LogP contribution in [0, 0.1) is 11.2 Å². The van der Waals surface area contributed by atoms with Gasteiger partial charge in [0.05, 0.1) is 5.69 Å². The van der Waals surface area contributed by atoms with E-state index in [4.69, 9.17) is 11.1 Å². The number of benzene rings is 1. The van der Waals surface area contributed by atoms with Gasteiger partial charge in [-0.2, -0.15) is 0 Å². The van der Waals surface area contributed by atoms with Crippen LogP contribution in [0.5, 0.6) is 0 Å². The highest BCUT2D eigenvalue weighted by atomic mass is 19.1. The van der Waals surface area contributed by atoms with Crippen molar-refractivity contribution in [2.75, 3.05) is 39.1 Å². The minimum Gasteiger partial charge on any atom is -0.384 e. The van der Waals surface area contributed by atoms with Crippen molar-refractivity contribution in [2.24, 2.45) is 5.73 Å². The summed E-state index contributed by atoms with van der Waals surface area (Å²) in [6.45, 7) is 1.59. The predicted octanol–water partition coefficient (Wildman–Crippen LogP) is 1.11. The maximum absolute atomic E-state index is 13.8. The Hall–Kier alpha value is -1.62. The molecule has 17 heavy (non-hydrogen) atoms. The smallest absolute Gasteiger partial charge is 0.147 e. The zero-order chi connectivity index (χ0) is 13.0. The minimum absolute atomic E-state index is 0.119. The standard InChI is InChI=1S/C12H19FN4/c1-16(2)6-7-17(3)11-5-4-9(12(14)15)8-10(11)13/h4-5,8H,6-7H2,1-3H3,(H3,14,15). The molecule has 5 heteroatoms. The van der Waals surface area contributed by atoms with Crippen LogP contribution in [0.4, 0.5) is 10.1 Å². The second kappa shape index (κ2) is 5.63. The van der Waals surface area contributed by atoms with Gasteiger partial charge in [0, 0.05) is 25.7 Å². The number of likely N-dealkylation sites (N-methyl/N-ethyl adjacent to an activating group) is 2. The summed E-state index contributed by atoms with van der Waals surface area (Å²) in [7, 11) is 5.79. The molecule has 1 aromatic rings. The van der Waals surface area contributed by atoms with E-state index in [1.54, 1.807) is 12.1 Å². The van der Waals surface area contributed by atoms with E-state index < -0.39 is 0 Å². The number of halogens is 1. The molecule has 0 heterocycles. The molecule has 0 aliphatic carbocycles. The van der Waals surface area contributed by atoms with Gasteiger partial charge in [-0.05, 0) is 32.3 Å². The molecule has 3 N–H and O–H groups in total. The van der Waals surface area contributed by atoms with E-state index in [0.717, 1.165) is 13.1 Å². The van der Waals surface area contributed by atoms with E-state index in [2.05, 4.69) is 0 Å². The zero-order valence-electron chi connectivity index (χ0n) is 10.5. The fourth-order valence-electron chi connectivity index (χ4n) is 1.45. The van der Waals surface area contributed by atoms with E-state index in [1.807, 2.05) is 30.9 Å². The van der Waals surface area contributed by atoms with Crippen molar-refractivity contribution >= 4 is 11.5 Å². The lowest BCUT2D eigenvalue weighted by molar-refractivity contribution is 0.416. The lowest BCUT2D eigenvalue weighted by Crippen LogP contribution is -2.29. The van der Waals surface area contributed by atoms with Crippen LogP contribution in [0.3, 0.4) is 0 Å². The number of rotatable bonds is 5. The molecular formula is C12H19FN4. The van der Waals surface area contributed by atoms with Gasteiger partial charge in [-0.25, -0.2) is 4.39 Å². The Labute approximate surface area is 101 Å². The van der Waals surface area contributed by atoms with Crippen molar-refractivity contribution in [1.29, 1.82) is 5.41 Å². The number of hydrogen-bond donors (Lipinski definition) is 2. The first kappa shape index (κ1) is 13.4. The Morgan fingerprint density at radius 3 is 2.41 bits per heavy atom. The molecule has 4 nitrogen and oxygen atoms in total. The van der Waals surface area contributed by atoms with Crippen molar-refractivity contribution in [2.45, 2.75) is 0 Å². The quantitative estimate of drug-likeness (QED) is 0.597. The summed E-state index contributed by atoms with van der Waals surface area (Å²) < 4.78 is 13.8. The second-order valence-electron chi connectivity index (χ2n) is 4.30. The van der Waals surface area contributed by atoms with Crippen LogP contribution < -0.4 is 10.6 Å². The van der Waals surface area contributed by atoms with Crippen molar-refractivity contribution in [3.05, 3.63) is 29.6 Å². The highest BCUT2D eigenvalue weighted by molar-refractivity contribution is 5.95. The molecule has 0 aromatic heterocycles. The Kier molecular flexibility index (Phi) is 4.45. The molecule has 0 saturated carbocycles. The Bertz CT molecular complexity index is 403. The summed E-state index contributed by atoms with van der Waals surface area (Å²) >= 11 is 0. The first-order valence-electron chi connectivity index (χ1n) is 5.41. The highest BCUT2D eigenvalue weighted by Gasteiger charge is 2.09. The Morgan fingerprint density at radius 1 is 1.29 bits per heavy atom. The molecule has 0 radical (unpaired) electrons. The lowest BCUT2D eigenvalue weighted by Gasteiger charge is -2.22. The van der Waals surface area contributed by atoms with Crippen LogP contribution in [0.1, 0.15) is 5.56 Å². The van der Waals surface area contributed by atoms with Crippen LogP contribution in [0.2, 0.25) is 0 Å². The molecular weight excluding hydrogens is 219 g/mol. The normalized spacial score (nSPS) is 10.6. The van der Waals surface area contributed by atoms with Gasteiger partial charge in [-0.15, -0.1) is 0 Å². The third-order valence-electron chi connectivity index (χ3n) is 2.55. The molecule has 0 atom stereocenters. The molecule has 94 valence electrons. The van der Waals surface area contributed by atoms with Gasteiger partial charge < -0.3 is 15.5 Å². The number of hydrogen-bond acceptors (Lipinski definition) is 3. The summed E-state index contributed by atoms with van der Waals surface area (Å²) in [5.41, 5.74) is 6.24. The summed E-state index contributed by atoms with van der Waals surface area (Å²) in [5, 5.41) is 7.24. The van der Waals surface area contributed by atoms with Crippen LogP contribution in [-0.4, -0.2) is 45.0 Å². The summed E-state index contributed by atoms with van der Waals surface area (Å²) in [4.78, 5) is 3.89. The van der Waals surface area contributed by atoms with Crippen LogP contribution >= 0.6 is 0 Å². The first-order valence-corrected chi connectivity index (χ1v) is 5.41. The van der Waals surface area contributed by atoms with Crippen molar-refractivity contribution in [3.63, 3.8) is 0 Å². The summed E-state index contributed by atoms with van der Waals surface area (Å²) in [6.07, 6.45) is 0. The average Bonchev–Trinajstić information content (AvgIpc) is 2.25. The monoisotopic (exact) mass is 238 g/mol. The SMILES string of the molecule is CN(C)CCN(C)c1ccc(C(=N)N)cc1F. The number of nitrogens with one attached hydrogen (secondary N) is 1. The highest BCUT2D eigenvalue weighted by Crippen LogP contribution is 2.19. The van der Waals surface area contributed by atoms with E-state index in [-0.39, 0.29) is 11.7 Å². The molecule has 0 spiro atoms. The number of anilines is 1. The average molecular weight is 238 g/mol. The molecule has 0 fully saturated rings. The third-order valence-corrected chi connectivity index (χ3v) is 2.55. The van der Waals surface area contributed by atoms with Gasteiger partial charge in [0.25, 0.3) is 0 Å². The van der Waals surface area contributed by atoms with Gasteiger partial charge in [0.1, 0.15) is 11.7 Å². The van der Waals surface area contributed by atoms with Crippen molar-refractivity contribution in [3.8, 4) is 0 Å². The molecule has 0 bridgehead atoms. The molecule has 0 unspecified atom stereocenters. The van der Waals surface area contributed by atoms with Crippen LogP contribution in [0.25, 0.3) is 0 Å². The van der Waals surface area contributed by atoms with Gasteiger partial charge in [-0.1, -0.05) is 0 Å². The van der Waals surface area contributed by atoms with E-state index in [9.17, 15) is 4.39 Å². The molecule has 0 amide bonds. The van der Waals surface area contributed by atoms with E-state index in [1.165, 1.54) is 6.07 Å². The first-order chi connectivity index (χ1) is 7.91. The summed E-state index contributed by atoms with van der Waals surface area (Å²) in [5.74, 6) is -0.467. The van der Waals surface area contributed by atoms with Crippen LogP contribution in [-0.2, 0) is 0 Å². The van der Waals surface area contributed by atoms with Gasteiger partial charge in [-0.3, -0.25) is 5.41 Å². The fraction of sp³-hybridized carbons (Fsp3) is 0.417. The third kappa shape index (κ3) is 3.71. The Morgan fingerprint density at radius 2 is 1.94 bits per heavy atom. The molecule has 0 aliphatic rings. The van der Waals surface area contributed by atoms with Gasteiger partial charge in [0.15, 0.2) is 0 Å². The lowest BCUT2D eigenvalue weighted by atomic mass is 10.1. The largest absolute Gasteiger partial charge is 0.384 e. The second-order valence-corrected chi connectivity index (χ2v) is 4.30. The minimum atomic E-state index is -0.348. The van der Waals surface area contributed by atoms with Crippen molar-refractivity contribution in [1.82, 2.24) is 4.90 Å². The van der Waals surface area contributed by atoms with Gasteiger partial charge >= 0.3 is 0 Å². The fourth-order valence-corrected chi connectivity index (χ4v) is 1.45. The van der Waals surface area contributed by atoms with Crippen LogP contribution in [0.15, 0.2) is 18.2 Å². The maximum atomic E-state index is 13.8. The topological polar surface area (TPSA) is 56.4 Å². The molecule has 1 aromatic carbocycles. The van der Waals surface area contributed by atoms with Gasteiger partial charge in [0.2, 0.25) is 0 Å². The molecule has 1 rings (SSSR count). The Balaban J connectivity index is 2.81. The predicted molar refractivity (Wildman–Crippen MR) is 69.2 cm³/mol. The maximum Gasteiger partial charge on any atom is 0.147 e. The summed E-state index contributed by atoms with van der Waals surface area (Å²) in [6, 6.07) is 4.61. The van der Waals surface area contributed by atoms with E-state index in [0.29, 0.717) is 11.3 Å². The number of nitrogen functional groups attached to an aromatic ring is 1. The number of nitrogens with two attached hydrogens (primary N) is 1. The van der Waals surface area contributed by atoms with E-state index >= 15 is 0 Å². The zero-order valence-corrected chi connectivity index (χ0v) is 10.5. The number of nitrogens with zero attached hydrogens (tertiary/aromatic N) is 2. The van der Waals surface area contributed by atoms with Crippen molar-refractivity contribution < 1.29 is 4.39 Å². The molecule has 0 saturated heterocycles. The number of amidine groups is 1.